The summed E-state index contributed by atoms with van der Waals surface area (Å²) < 4.78 is 6.06. The number of rotatable bonds is 4. The highest BCUT2D eigenvalue weighted by atomic mass is 35.5. The highest BCUT2D eigenvalue weighted by molar-refractivity contribution is 6.32. The first-order valence-corrected chi connectivity index (χ1v) is 8.53. The molecule has 124 valence electrons. The van der Waals surface area contributed by atoms with E-state index in [1.807, 2.05) is 24.3 Å². The molecular formula is C17H26Cl2N2O. The molecule has 0 unspecified atom stereocenters. The molecule has 0 aliphatic carbocycles. The van der Waals surface area contributed by atoms with Crippen molar-refractivity contribution < 1.29 is 4.74 Å². The van der Waals surface area contributed by atoms with Crippen molar-refractivity contribution >= 4 is 24.0 Å². The topological polar surface area (TPSA) is 24.5 Å². The van der Waals surface area contributed by atoms with Crippen molar-refractivity contribution in [3.8, 4) is 5.75 Å². The van der Waals surface area contributed by atoms with Crippen LogP contribution in [0.4, 0.5) is 0 Å². The van der Waals surface area contributed by atoms with Gasteiger partial charge in [-0.1, -0.05) is 23.7 Å². The van der Waals surface area contributed by atoms with Crippen LogP contribution < -0.4 is 10.1 Å². The monoisotopic (exact) mass is 344 g/mol. The second kappa shape index (κ2) is 8.97. The zero-order chi connectivity index (χ0) is 14.5. The van der Waals surface area contributed by atoms with Crippen molar-refractivity contribution in [2.75, 3.05) is 32.7 Å². The molecule has 0 spiro atoms. The Morgan fingerprint density at radius 1 is 1.09 bits per heavy atom. The lowest BCUT2D eigenvalue weighted by atomic mass is 9.96. The maximum absolute atomic E-state index is 6.16. The molecule has 0 atom stereocenters. The largest absolute Gasteiger partial charge is 0.489 e. The van der Waals surface area contributed by atoms with Gasteiger partial charge in [-0.15, -0.1) is 12.4 Å². The maximum atomic E-state index is 6.16. The van der Waals surface area contributed by atoms with E-state index in [1.165, 1.54) is 32.5 Å². The molecule has 3 rings (SSSR count). The lowest BCUT2D eigenvalue weighted by Crippen LogP contribution is -2.42. The lowest BCUT2D eigenvalue weighted by molar-refractivity contribution is 0.0873. The van der Waals surface area contributed by atoms with Crippen LogP contribution in [0.2, 0.25) is 5.02 Å². The summed E-state index contributed by atoms with van der Waals surface area (Å²) in [6.07, 6.45) is 5.19. The minimum Gasteiger partial charge on any atom is -0.489 e. The van der Waals surface area contributed by atoms with Crippen LogP contribution in [-0.4, -0.2) is 43.7 Å². The summed E-state index contributed by atoms with van der Waals surface area (Å²) in [5.41, 5.74) is 0. The van der Waals surface area contributed by atoms with Gasteiger partial charge in [0.15, 0.2) is 0 Å². The molecule has 22 heavy (non-hydrogen) atoms. The number of nitrogens with one attached hydrogen (secondary N) is 1. The zero-order valence-electron chi connectivity index (χ0n) is 13.0. The van der Waals surface area contributed by atoms with Gasteiger partial charge < -0.3 is 15.0 Å². The van der Waals surface area contributed by atoms with Crippen LogP contribution in [0.5, 0.6) is 5.75 Å². The molecule has 0 saturated carbocycles. The highest BCUT2D eigenvalue weighted by Crippen LogP contribution is 2.27. The van der Waals surface area contributed by atoms with Crippen molar-refractivity contribution in [1.82, 2.24) is 10.2 Å². The Bertz CT molecular complexity index is 444. The van der Waals surface area contributed by atoms with E-state index in [-0.39, 0.29) is 12.4 Å². The van der Waals surface area contributed by atoms with E-state index >= 15 is 0 Å². The molecule has 2 heterocycles. The van der Waals surface area contributed by atoms with Crippen molar-refractivity contribution in [1.29, 1.82) is 0 Å². The van der Waals surface area contributed by atoms with E-state index < -0.39 is 0 Å². The number of likely N-dealkylation sites (tertiary alicyclic amines) is 1. The van der Waals surface area contributed by atoms with Gasteiger partial charge in [0.25, 0.3) is 0 Å². The summed E-state index contributed by atoms with van der Waals surface area (Å²) in [5.74, 6) is 1.71. The molecule has 1 aromatic carbocycles. The summed E-state index contributed by atoms with van der Waals surface area (Å²) in [4.78, 5) is 2.61. The maximum Gasteiger partial charge on any atom is 0.138 e. The summed E-state index contributed by atoms with van der Waals surface area (Å²) in [5, 5.41) is 4.16. The number of nitrogens with zero attached hydrogens (tertiary/aromatic N) is 1. The molecule has 0 aromatic heterocycles. The first-order chi connectivity index (χ1) is 10.3. The standard InChI is InChI=1S/C17H25ClN2O.ClH/c18-16-3-1-2-4-17(16)21-15-7-11-20(12-8-15)13-14-5-9-19-10-6-14;/h1-4,14-15,19H,5-13H2;1H. The Morgan fingerprint density at radius 3 is 2.45 bits per heavy atom. The van der Waals surface area contributed by atoms with E-state index in [9.17, 15) is 0 Å². The SMILES string of the molecule is Cl.Clc1ccccc1OC1CCN(CC2CCNCC2)CC1. The van der Waals surface area contributed by atoms with Gasteiger partial charge in [-0.3, -0.25) is 0 Å². The number of benzene rings is 1. The average molecular weight is 345 g/mol. The molecule has 0 amide bonds. The third kappa shape index (κ3) is 5.02. The number of hydrogen-bond acceptors (Lipinski definition) is 3. The van der Waals surface area contributed by atoms with Gasteiger partial charge >= 0.3 is 0 Å². The number of piperidine rings is 2. The third-order valence-electron chi connectivity index (χ3n) is 4.64. The molecule has 2 aliphatic rings. The van der Waals surface area contributed by atoms with Crippen LogP contribution in [-0.2, 0) is 0 Å². The van der Waals surface area contributed by atoms with Gasteiger partial charge in [-0.05, 0) is 56.8 Å². The molecule has 3 nitrogen and oxygen atoms in total. The van der Waals surface area contributed by atoms with E-state index in [0.29, 0.717) is 6.10 Å². The van der Waals surface area contributed by atoms with Gasteiger partial charge in [-0.2, -0.15) is 0 Å². The van der Waals surface area contributed by atoms with Crippen molar-refractivity contribution in [3.63, 3.8) is 0 Å². The summed E-state index contributed by atoms with van der Waals surface area (Å²) >= 11 is 6.16. The van der Waals surface area contributed by atoms with Crippen molar-refractivity contribution in [2.24, 2.45) is 5.92 Å². The second-order valence-corrected chi connectivity index (χ2v) is 6.65. The van der Waals surface area contributed by atoms with Gasteiger partial charge in [-0.25, -0.2) is 0 Å². The van der Waals surface area contributed by atoms with Crippen LogP contribution in [0.15, 0.2) is 24.3 Å². The van der Waals surface area contributed by atoms with Crippen molar-refractivity contribution in [3.05, 3.63) is 29.3 Å². The molecule has 1 aromatic rings. The molecule has 2 aliphatic heterocycles. The predicted octanol–water partition coefficient (Wildman–Crippen LogP) is 3.60. The number of hydrogen-bond donors (Lipinski definition) is 1. The predicted molar refractivity (Wildman–Crippen MR) is 94.4 cm³/mol. The number of para-hydroxylation sites is 1. The Balaban J connectivity index is 0.00000176. The first kappa shape index (κ1) is 17.9. The fraction of sp³-hybridized carbons (Fsp3) is 0.647. The van der Waals surface area contributed by atoms with Gasteiger partial charge in [0.1, 0.15) is 11.9 Å². The summed E-state index contributed by atoms with van der Waals surface area (Å²) in [6, 6.07) is 7.77. The van der Waals surface area contributed by atoms with Crippen LogP contribution >= 0.6 is 24.0 Å². The minimum atomic E-state index is 0. The molecular weight excluding hydrogens is 319 g/mol. The van der Waals surface area contributed by atoms with E-state index in [0.717, 1.165) is 42.6 Å². The summed E-state index contributed by atoms with van der Waals surface area (Å²) in [7, 11) is 0. The smallest absolute Gasteiger partial charge is 0.138 e. The van der Waals surface area contributed by atoms with Gasteiger partial charge in [0.2, 0.25) is 0 Å². The van der Waals surface area contributed by atoms with E-state index in [1.54, 1.807) is 0 Å². The Hall–Kier alpha value is -0.480. The fourth-order valence-corrected chi connectivity index (χ4v) is 3.54. The van der Waals surface area contributed by atoms with E-state index in [4.69, 9.17) is 16.3 Å². The molecule has 2 fully saturated rings. The fourth-order valence-electron chi connectivity index (χ4n) is 3.36. The van der Waals surface area contributed by atoms with E-state index in [2.05, 4.69) is 10.2 Å². The quantitative estimate of drug-likeness (QED) is 0.902. The Morgan fingerprint density at radius 2 is 1.77 bits per heavy atom. The third-order valence-corrected chi connectivity index (χ3v) is 4.95. The summed E-state index contributed by atoms with van der Waals surface area (Å²) in [6.45, 7) is 5.95. The van der Waals surface area contributed by atoms with Gasteiger partial charge in [0.05, 0.1) is 5.02 Å². The molecule has 0 bridgehead atoms. The molecule has 2 saturated heterocycles. The molecule has 5 heteroatoms. The highest BCUT2D eigenvalue weighted by Gasteiger charge is 2.23. The number of ether oxygens (including phenoxy) is 1. The van der Waals surface area contributed by atoms with Crippen LogP contribution in [0.25, 0.3) is 0 Å². The first-order valence-electron chi connectivity index (χ1n) is 8.15. The van der Waals surface area contributed by atoms with Crippen LogP contribution in [0.1, 0.15) is 25.7 Å². The zero-order valence-corrected chi connectivity index (χ0v) is 14.5. The number of halogens is 2. The molecule has 1 N–H and O–H groups in total. The second-order valence-electron chi connectivity index (χ2n) is 6.24. The minimum absolute atomic E-state index is 0. The normalized spacial score (nSPS) is 21.3. The molecule has 0 radical (unpaired) electrons. The average Bonchev–Trinajstić information content (AvgIpc) is 2.52. The van der Waals surface area contributed by atoms with Crippen LogP contribution in [0, 0.1) is 5.92 Å². The Kier molecular flexibility index (Phi) is 7.29. The Labute approximate surface area is 144 Å². The van der Waals surface area contributed by atoms with Crippen LogP contribution in [0.3, 0.4) is 0 Å². The lowest BCUT2D eigenvalue weighted by Gasteiger charge is -2.35. The van der Waals surface area contributed by atoms with Gasteiger partial charge in [0, 0.05) is 19.6 Å². The van der Waals surface area contributed by atoms with Crippen molar-refractivity contribution in [2.45, 2.75) is 31.8 Å².